The SMILES string of the molecule is OC1N=CNc2c1n(C1CCCNC[C@H]1O)c1ccc(Cl)cc21. The van der Waals surface area contributed by atoms with Gasteiger partial charge in [0.15, 0.2) is 6.23 Å². The normalized spacial score (nSPS) is 27.5. The first-order valence-corrected chi connectivity index (χ1v) is 8.23. The van der Waals surface area contributed by atoms with Gasteiger partial charge in [-0.25, -0.2) is 4.99 Å². The Labute approximate surface area is 138 Å². The van der Waals surface area contributed by atoms with Crippen molar-refractivity contribution in [2.45, 2.75) is 31.2 Å². The second-order valence-electron chi connectivity index (χ2n) is 6.07. The zero-order valence-corrected chi connectivity index (χ0v) is 13.3. The number of β-amino-alcohol motifs (C(OH)–C–C–N with tert-alkyl or cyclic N) is 1. The molecule has 2 aromatic rings. The van der Waals surface area contributed by atoms with Gasteiger partial charge in [-0.2, -0.15) is 0 Å². The molecule has 23 heavy (non-hydrogen) atoms. The number of halogens is 1. The average molecular weight is 335 g/mol. The van der Waals surface area contributed by atoms with Crippen molar-refractivity contribution in [1.29, 1.82) is 0 Å². The minimum atomic E-state index is -0.944. The second-order valence-corrected chi connectivity index (χ2v) is 6.51. The van der Waals surface area contributed by atoms with Crippen LogP contribution in [0.5, 0.6) is 0 Å². The van der Waals surface area contributed by atoms with E-state index in [1.807, 2.05) is 22.8 Å². The Morgan fingerprint density at radius 2 is 2.17 bits per heavy atom. The van der Waals surface area contributed by atoms with E-state index in [0.717, 1.165) is 36.0 Å². The van der Waals surface area contributed by atoms with Crippen LogP contribution in [-0.4, -0.2) is 40.3 Å². The number of hydrogen-bond acceptors (Lipinski definition) is 5. The van der Waals surface area contributed by atoms with Gasteiger partial charge in [0.25, 0.3) is 0 Å². The molecule has 122 valence electrons. The summed E-state index contributed by atoms with van der Waals surface area (Å²) in [5.74, 6) is 0. The number of nitrogens with zero attached hydrogens (tertiary/aromatic N) is 2. The van der Waals surface area contributed by atoms with E-state index in [2.05, 4.69) is 15.6 Å². The molecule has 3 heterocycles. The van der Waals surface area contributed by atoms with Crippen molar-refractivity contribution in [3.8, 4) is 0 Å². The third kappa shape index (κ3) is 2.42. The molecule has 1 fully saturated rings. The maximum atomic E-state index is 10.6. The molecule has 2 aliphatic rings. The average Bonchev–Trinajstić information content (AvgIpc) is 2.70. The zero-order valence-electron chi connectivity index (χ0n) is 12.5. The summed E-state index contributed by atoms with van der Waals surface area (Å²) < 4.78 is 2.03. The molecule has 2 aliphatic heterocycles. The van der Waals surface area contributed by atoms with E-state index in [1.54, 1.807) is 0 Å². The fourth-order valence-electron chi connectivity index (χ4n) is 3.63. The van der Waals surface area contributed by atoms with Gasteiger partial charge in [-0.15, -0.1) is 0 Å². The van der Waals surface area contributed by atoms with Crippen molar-refractivity contribution >= 4 is 34.5 Å². The highest BCUT2D eigenvalue weighted by Crippen LogP contribution is 2.41. The Morgan fingerprint density at radius 1 is 1.30 bits per heavy atom. The van der Waals surface area contributed by atoms with Gasteiger partial charge >= 0.3 is 0 Å². The van der Waals surface area contributed by atoms with Crippen LogP contribution >= 0.6 is 11.6 Å². The van der Waals surface area contributed by atoms with E-state index in [0.29, 0.717) is 17.3 Å². The summed E-state index contributed by atoms with van der Waals surface area (Å²) in [5.41, 5.74) is 2.45. The number of hydrogen-bond donors (Lipinski definition) is 4. The quantitative estimate of drug-likeness (QED) is 0.643. The smallest absolute Gasteiger partial charge is 0.190 e. The lowest BCUT2D eigenvalue weighted by Crippen LogP contribution is -2.32. The number of anilines is 1. The molecular formula is C16H19ClN4O2. The van der Waals surface area contributed by atoms with Gasteiger partial charge in [0.2, 0.25) is 0 Å². The van der Waals surface area contributed by atoms with Crippen LogP contribution in [0.1, 0.15) is 30.8 Å². The maximum absolute atomic E-state index is 10.6. The molecule has 7 heteroatoms. The number of fused-ring (bicyclic) bond motifs is 3. The zero-order chi connectivity index (χ0) is 16.0. The Bertz CT molecular complexity index is 773. The molecule has 0 aliphatic carbocycles. The Kier molecular flexibility index (Phi) is 3.77. The summed E-state index contributed by atoms with van der Waals surface area (Å²) in [6.07, 6.45) is 1.84. The van der Waals surface area contributed by atoms with Gasteiger partial charge in [-0.1, -0.05) is 11.6 Å². The van der Waals surface area contributed by atoms with Crippen molar-refractivity contribution in [2.75, 3.05) is 18.4 Å². The summed E-state index contributed by atoms with van der Waals surface area (Å²) in [5, 5.41) is 28.9. The molecular weight excluding hydrogens is 316 g/mol. The number of benzene rings is 1. The van der Waals surface area contributed by atoms with E-state index in [4.69, 9.17) is 11.6 Å². The van der Waals surface area contributed by atoms with Gasteiger partial charge in [-0.05, 0) is 37.6 Å². The van der Waals surface area contributed by atoms with Crippen LogP contribution in [0.3, 0.4) is 0 Å². The van der Waals surface area contributed by atoms with Crippen LogP contribution in [0.2, 0.25) is 5.02 Å². The Morgan fingerprint density at radius 3 is 3.04 bits per heavy atom. The highest BCUT2D eigenvalue weighted by Gasteiger charge is 2.32. The minimum absolute atomic E-state index is 0.109. The molecule has 1 aromatic heterocycles. The standard InChI is InChI=1S/C16H19ClN4O2/c17-9-3-4-11-10(6-9)14-15(16(23)20-8-19-14)21(11)12-2-1-5-18-7-13(12)22/h3-4,6,8,12-13,16,18,22-23H,1-2,5,7H2,(H,19,20)/t12?,13-,16?/m1/s1. The van der Waals surface area contributed by atoms with E-state index in [9.17, 15) is 10.2 Å². The number of nitrogens with one attached hydrogen (secondary N) is 2. The summed E-state index contributed by atoms with van der Waals surface area (Å²) in [6, 6.07) is 5.55. The fraction of sp³-hybridized carbons (Fsp3) is 0.438. The lowest BCUT2D eigenvalue weighted by molar-refractivity contribution is 0.108. The van der Waals surface area contributed by atoms with Gasteiger partial charge < -0.3 is 25.4 Å². The van der Waals surface area contributed by atoms with Crippen LogP contribution in [0, 0.1) is 0 Å². The van der Waals surface area contributed by atoms with Gasteiger partial charge in [-0.3, -0.25) is 0 Å². The molecule has 0 saturated carbocycles. The second kappa shape index (κ2) is 5.79. The lowest BCUT2D eigenvalue weighted by Gasteiger charge is -2.27. The van der Waals surface area contributed by atoms with Crippen LogP contribution in [0.25, 0.3) is 10.9 Å². The van der Waals surface area contributed by atoms with Crippen molar-refractivity contribution in [3.63, 3.8) is 0 Å². The lowest BCUT2D eigenvalue weighted by atomic mass is 10.1. The summed E-state index contributed by atoms with van der Waals surface area (Å²) in [6.45, 7) is 1.43. The van der Waals surface area contributed by atoms with E-state index >= 15 is 0 Å². The highest BCUT2D eigenvalue weighted by molar-refractivity contribution is 6.31. The van der Waals surface area contributed by atoms with Gasteiger partial charge in [0, 0.05) is 17.0 Å². The van der Waals surface area contributed by atoms with E-state index in [1.165, 1.54) is 6.34 Å². The third-order valence-electron chi connectivity index (χ3n) is 4.66. The maximum Gasteiger partial charge on any atom is 0.190 e. The van der Waals surface area contributed by atoms with E-state index < -0.39 is 12.3 Å². The number of aliphatic hydroxyl groups excluding tert-OH is 2. The molecule has 0 amide bonds. The van der Waals surface area contributed by atoms with Gasteiger partial charge in [0.05, 0.1) is 35.4 Å². The molecule has 2 unspecified atom stereocenters. The molecule has 0 bridgehead atoms. The first-order valence-electron chi connectivity index (χ1n) is 7.85. The van der Waals surface area contributed by atoms with Crippen molar-refractivity contribution in [2.24, 2.45) is 4.99 Å². The minimum Gasteiger partial charge on any atom is -0.390 e. The Hall–Kier alpha value is -1.60. The highest BCUT2D eigenvalue weighted by atomic mass is 35.5. The fourth-order valence-corrected chi connectivity index (χ4v) is 3.80. The van der Waals surface area contributed by atoms with Crippen molar-refractivity contribution in [3.05, 3.63) is 28.9 Å². The summed E-state index contributed by atoms with van der Waals surface area (Å²) in [4.78, 5) is 4.06. The summed E-state index contributed by atoms with van der Waals surface area (Å²) >= 11 is 6.15. The topological polar surface area (TPSA) is 81.8 Å². The molecule has 4 rings (SSSR count). The first kappa shape index (κ1) is 15.0. The first-order chi connectivity index (χ1) is 11.2. The molecule has 6 nitrogen and oxygen atoms in total. The number of aliphatic imine (C=N–C) groups is 1. The molecule has 1 aromatic carbocycles. The molecule has 0 radical (unpaired) electrons. The molecule has 0 spiro atoms. The van der Waals surface area contributed by atoms with Crippen molar-refractivity contribution < 1.29 is 10.2 Å². The predicted octanol–water partition coefficient (Wildman–Crippen LogP) is 2.02. The molecule has 3 atom stereocenters. The van der Waals surface area contributed by atoms with E-state index in [-0.39, 0.29) is 6.04 Å². The van der Waals surface area contributed by atoms with Crippen LogP contribution in [0.15, 0.2) is 23.2 Å². The molecule has 1 saturated heterocycles. The van der Waals surface area contributed by atoms with Crippen molar-refractivity contribution in [1.82, 2.24) is 9.88 Å². The third-order valence-corrected chi connectivity index (χ3v) is 4.89. The van der Waals surface area contributed by atoms with Crippen LogP contribution < -0.4 is 10.6 Å². The Balaban J connectivity index is 1.96. The summed E-state index contributed by atoms with van der Waals surface area (Å²) in [7, 11) is 0. The predicted molar refractivity (Wildman–Crippen MR) is 91.2 cm³/mol. The number of aromatic nitrogens is 1. The van der Waals surface area contributed by atoms with Crippen LogP contribution in [-0.2, 0) is 0 Å². The monoisotopic (exact) mass is 334 g/mol. The molecule has 4 N–H and O–H groups in total. The van der Waals surface area contributed by atoms with Crippen LogP contribution in [0.4, 0.5) is 5.69 Å². The van der Waals surface area contributed by atoms with Gasteiger partial charge in [0.1, 0.15) is 0 Å². The largest absolute Gasteiger partial charge is 0.390 e. The number of rotatable bonds is 1. The number of aliphatic hydroxyl groups is 2.